The number of rotatable bonds is 4. The third kappa shape index (κ3) is 4.47. The van der Waals surface area contributed by atoms with Crippen LogP contribution >= 0.6 is 11.6 Å². The number of nitrogens with one attached hydrogen (secondary N) is 1. The summed E-state index contributed by atoms with van der Waals surface area (Å²) in [6.07, 6.45) is 5.01. The first-order valence-electron chi connectivity index (χ1n) is 6.20. The van der Waals surface area contributed by atoms with Gasteiger partial charge < -0.3 is 5.11 Å². The number of carbonyl (C=O) groups is 1. The second-order valence-electron chi connectivity index (χ2n) is 4.15. The Hall–Kier alpha value is -2.59. The van der Waals surface area contributed by atoms with Crippen LogP contribution in [0.15, 0.2) is 59.7 Å². The van der Waals surface area contributed by atoms with Crippen molar-refractivity contribution in [3.63, 3.8) is 0 Å². The van der Waals surface area contributed by atoms with E-state index in [1.807, 2.05) is 36.4 Å². The van der Waals surface area contributed by atoms with Gasteiger partial charge in [0.2, 0.25) is 0 Å². The van der Waals surface area contributed by atoms with Gasteiger partial charge in [-0.3, -0.25) is 4.79 Å². The molecular weight excluding hydrogens is 288 g/mol. The first-order chi connectivity index (χ1) is 10.2. The highest BCUT2D eigenvalue weighted by Gasteiger charge is 2.10. The first kappa shape index (κ1) is 14.8. The van der Waals surface area contributed by atoms with Crippen molar-refractivity contribution >= 4 is 29.8 Å². The number of benzene rings is 2. The second kappa shape index (κ2) is 7.26. The highest BCUT2D eigenvalue weighted by atomic mass is 35.5. The van der Waals surface area contributed by atoms with Crippen LogP contribution in [0.4, 0.5) is 0 Å². The molecule has 0 aliphatic carbocycles. The minimum absolute atomic E-state index is 0.0756. The number of aromatic hydroxyl groups is 1. The lowest BCUT2D eigenvalue weighted by molar-refractivity contribution is 0.0952. The van der Waals surface area contributed by atoms with Crippen molar-refractivity contribution in [1.82, 2.24) is 5.43 Å². The van der Waals surface area contributed by atoms with Crippen LogP contribution in [0.3, 0.4) is 0 Å². The molecule has 0 spiro atoms. The smallest absolute Gasteiger partial charge is 0.275 e. The van der Waals surface area contributed by atoms with E-state index in [1.165, 1.54) is 24.4 Å². The molecule has 0 saturated heterocycles. The van der Waals surface area contributed by atoms with Crippen molar-refractivity contribution < 1.29 is 9.90 Å². The molecule has 4 nitrogen and oxygen atoms in total. The van der Waals surface area contributed by atoms with E-state index in [-0.39, 0.29) is 11.3 Å². The number of amides is 1. The van der Waals surface area contributed by atoms with Gasteiger partial charge in [0.15, 0.2) is 0 Å². The van der Waals surface area contributed by atoms with Gasteiger partial charge in [0, 0.05) is 11.2 Å². The fraction of sp³-hybridized carbons (Fsp3) is 0. The molecule has 0 bridgehead atoms. The summed E-state index contributed by atoms with van der Waals surface area (Å²) in [5.74, 6) is -0.675. The molecule has 0 saturated carbocycles. The SMILES string of the molecule is O=C(N/N=C\C=C\c1ccccc1)c1cc(Cl)ccc1O. The summed E-state index contributed by atoms with van der Waals surface area (Å²) in [6, 6.07) is 13.9. The number of phenols is 1. The van der Waals surface area contributed by atoms with Crippen LogP contribution in [0, 0.1) is 0 Å². The lowest BCUT2D eigenvalue weighted by Gasteiger charge is -2.02. The zero-order chi connectivity index (χ0) is 15.1. The van der Waals surface area contributed by atoms with Crippen molar-refractivity contribution in [3.8, 4) is 5.75 Å². The predicted molar refractivity (Wildman–Crippen MR) is 84.6 cm³/mol. The molecular formula is C16H13ClN2O2. The van der Waals surface area contributed by atoms with Gasteiger partial charge in [-0.15, -0.1) is 0 Å². The highest BCUT2D eigenvalue weighted by Crippen LogP contribution is 2.21. The largest absolute Gasteiger partial charge is 0.507 e. The maximum atomic E-state index is 11.8. The quantitative estimate of drug-likeness (QED) is 0.671. The number of phenolic OH excluding ortho intramolecular Hbond substituents is 1. The molecule has 2 aromatic rings. The number of nitrogens with zero attached hydrogens (tertiary/aromatic N) is 1. The second-order valence-corrected chi connectivity index (χ2v) is 4.59. The molecule has 0 aliphatic heterocycles. The van der Waals surface area contributed by atoms with E-state index in [0.717, 1.165) is 5.56 Å². The summed E-state index contributed by atoms with van der Waals surface area (Å²) >= 11 is 5.77. The molecule has 5 heteroatoms. The zero-order valence-corrected chi connectivity index (χ0v) is 11.8. The molecule has 0 heterocycles. The van der Waals surface area contributed by atoms with Gasteiger partial charge in [-0.25, -0.2) is 5.43 Å². The summed E-state index contributed by atoms with van der Waals surface area (Å²) in [6.45, 7) is 0. The molecule has 0 unspecified atom stereocenters. The standard InChI is InChI=1S/C16H13ClN2O2/c17-13-8-9-15(20)14(11-13)16(21)19-18-10-4-7-12-5-2-1-3-6-12/h1-11,20H,(H,19,21)/b7-4+,18-10-. The van der Waals surface area contributed by atoms with Crippen molar-refractivity contribution in [1.29, 1.82) is 0 Å². The summed E-state index contributed by atoms with van der Waals surface area (Å²) in [7, 11) is 0. The summed E-state index contributed by atoms with van der Waals surface area (Å²) < 4.78 is 0. The van der Waals surface area contributed by atoms with E-state index < -0.39 is 5.91 Å². The molecule has 0 atom stereocenters. The number of halogens is 1. The van der Waals surface area contributed by atoms with Gasteiger partial charge in [-0.05, 0) is 29.8 Å². The Labute approximate surface area is 127 Å². The number of allylic oxidation sites excluding steroid dienone is 1. The Balaban J connectivity index is 1.93. The molecule has 2 N–H and O–H groups in total. The maximum Gasteiger partial charge on any atom is 0.275 e. The van der Waals surface area contributed by atoms with Crippen LogP contribution in [0.25, 0.3) is 6.08 Å². The third-order valence-electron chi connectivity index (χ3n) is 2.62. The average molecular weight is 301 g/mol. The summed E-state index contributed by atoms with van der Waals surface area (Å²) in [5, 5.41) is 13.7. The van der Waals surface area contributed by atoms with Gasteiger partial charge in [-0.2, -0.15) is 5.10 Å². The molecule has 2 rings (SSSR count). The van der Waals surface area contributed by atoms with Crippen LogP contribution in [-0.2, 0) is 0 Å². The normalized spacial score (nSPS) is 11.1. The van der Waals surface area contributed by atoms with Crippen LogP contribution in [-0.4, -0.2) is 17.2 Å². The lowest BCUT2D eigenvalue weighted by atomic mass is 10.2. The number of hydrogen-bond acceptors (Lipinski definition) is 3. The van der Waals surface area contributed by atoms with E-state index >= 15 is 0 Å². The van der Waals surface area contributed by atoms with Gasteiger partial charge in [0.25, 0.3) is 5.91 Å². The van der Waals surface area contributed by atoms with Crippen molar-refractivity contribution in [2.45, 2.75) is 0 Å². The van der Waals surface area contributed by atoms with E-state index in [2.05, 4.69) is 10.5 Å². The first-order valence-corrected chi connectivity index (χ1v) is 6.58. The molecule has 0 aliphatic rings. The van der Waals surface area contributed by atoms with Crippen molar-refractivity contribution in [2.75, 3.05) is 0 Å². The summed E-state index contributed by atoms with van der Waals surface area (Å²) in [5.41, 5.74) is 3.42. The number of hydrogen-bond donors (Lipinski definition) is 2. The number of carbonyl (C=O) groups excluding carboxylic acids is 1. The van der Waals surface area contributed by atoms with E-state index in [9.17, 15) is 9.90 Å². The van der Waals surface area contributed by atoms with Crippen LogP contribution in [0.2, 0.25) is 5.02 Å². The highest BCUT2D eigenvalue weighted by molar-refractivity contribution is 6.31. The third-order valence-corrected chi connectivity index (χ3v) is 2.85. The predicted octanol–water partition coefficient (Wildman–Crippen LogP) is 3.47. The monoisotopic (exact) mass is 300 g/mol. The van der Waals surface area contributed by atoms with Crippen molar-refractivity contribution in [3.05, 3.63) is 70.8 Å². The van der Waals surface area contributed by atoms with Gasteiger partial charge in [0.1, 0.15) is 5.75 Å². The Morgan fingerprint density at radius 2 is 1.95 bits per heavy atom. The molecule has 21 heavy (non-hydrogen) atoms. The Morgan fingerprint density at radius 3 is 2.71 bits per heavy atom. The minimum Gasteiger partial charge on any atom is -0.507 e. The molecule has 0 fully saturated rings. The molecule has 1 amide bonds. The van der Waals surface area contributed by atoms with Crippen molar-refractivity contribution in [2.24, 2.45) is 5.10 Å². The molecule has 0 radical (unpaired) electrons. The van der Waals surface area contributed by atoms with E-state index in [0.29, 0.717) is 5.02 Å². The van der Waals surface area contributed by atoms with Crippen LogP contribution in [0.5, 0.6) is 5.75 Å². The molecule has 106 valence electrons. The van der Waals surface area contributed by atoms with E-state index in [4.69, 9.17) is 11.6 Å². The van der Waals surface area contributed by atoms with Gasteiger partial charge in [-0.1, -0.05) is 48.0 Å². The Morgan fingerprint density at radius 1 is 1.19 bits per heavy atom. The Kier molecular flexibility index (Phi) is 5.12. The topological polar surface area (TPSA) is 61.7 Å². The van der Waals surface area contributed by atoms with Gasteiger partial charge >= 0.3 is 0 Å². The fourth-order valence-electron chi connectivity index (χ4n) is 1.61. The summed E-state index contributed by atoms with van der Waals surface area (Å²) in [4.78, 5) is 11.8. The maximum absolute atomic E-state index is 11.8. The van der Waals surface area contributed by atoms with Crippen LogP contribution < -0.4 is 5.43 Å². The van der Waals surface area contributed by atoms with E-state index in [1.54, 1.807) is 6.08 Å². The number of hydrazone groups is 1. The fourth-order valence-corrected chi connectivity index (χ4v) is 1.78. The lowest BCUT2D eigenvalue weighted by Crippen LogP contribution is -2.17. The Bertz CT molecular complexity index is 682. The average Bonchev–Trinajstić information content (AvgIpc) is 2.50. The minimum atomic E-state index is -0.528. The molecule has 2 aromatic carbocycles. The van der Waals surface area contributed by atoms with Crippen LogP contribution in [0.1, 0.15) is 15.9 Å². The van der Waals surface area contributed by atoms with Gasteiger partial charge in [0.05, 0.1) is 5.56 Å². The zero-order valence-electron chi connectivity index (χ0n) is 11.0. The molecule has 0 aromatic heterocycles.